The first-order valence-electron chi connectivity index (χ1n) is 4.81. The highest BCUT2D eigenvalue weighted by atomic mass is 35.5. The Balaban J connectivity index is 2.68. The summed E-state index contributed by atoms with van der Waals surface area (Å²) in [5.74, 6) is 0.723. The van der Waals surface area contributed by atoms with E-state index in [1.54, 1.807) is 19.1 Å². The van der Waals surface area contributed by atoms with Crippen LogP contribution < -0.4 is 10.6 Å². The fourth-order valence-electron chi connectivity index (χ4n) is 1.19. The third kappa shape index (κ3) is 3.93. The molecule has 1 rings (SSSR count). The number of nitrogens with two attached hydrogens (primary N) is 1. The van der Waals surface area contributed by atoms with Crippen molar-refractivity contribution in [2.24, 2.45) is 0 Å². The van der Waals surface area contributed by atoms with Crippen LogP contribution in [-0.4, -0.2) is 29.8 Å². The van der Waals surface area contributed by atoms with Gasteiger partial charge in [0.1, 0.15) is 11.0 Å². The van der Waals surface area contributed by atoms with E-state index in [9.17, 15) is 0 Å². The van der Waals surface area contributed by atoms with Gasteiger partial charge in [-0.05, 0) is 19.4 Å². The van der Waals surface area contributed by atoms with Gasteiger partial charge < -0.3 is 15.7 Å². The number of rotatable bonds is 4. The molecule has 0 radical (unpaired) electrons. The minimum absolute atomic E-state index is 0.316. The maximum atomic E-state index is 9.16. The molecule has 1 heterocycles. The molecule has 1 aromatic heterocycles. The van der Waals surface area contributed by atoms with Gasteiger partial charge in [-0.25, -0.2) is 4.98 Å². The van der Waals surface area contributed by atoms with Crippen LogP contribution in [0, 0.1) is 0 Å². The first-order valence-corrected chi connectivity index (χ1v) is 5.19. The SMILES string of the molecule is CC(O)CCN(C)c1cc(N)cc(Cl)n1. The summed E-state index contributed by atoms with van der Waals surface area (Å²) < 4.78 is 0. The molecule has 0 fully saturated rings. The Morgan fingerprint density at radius 1 is 1.60 bits per heavy atom. The standard InChI is InChI=1S/C10H16ClN3O/c1-7(15)3-4-14(2)10-6-8(12)5-9(11)13-10/h5-7,15H,3-4H2,1-2H3,(H2,12,13). The molecule has 0 saturated heterocycles. The molecule has 1 unspecified atom stereocenters. The number of nitrogen functional groups attached to an aromatic ring is 1. The molecule has 0 aliphatic heterocycles. The molecule has 3 N–H and O–H groups in total. The summed E-state index contributed by atoms with van der Waals surface area (Å²) >= 11 is 5.79. The van der Waals surface area contributed by atoms with Gasteiger partial charge in [-0.1, -0.05) is 11.6 Å². The molecule has 0 aliphatic rings. The van der Waals surface area contributed by atoms with Gasteiger partial charge in [0.15, 0.2) is 0 Å². The first-order chi connectivity index (χ1) is 6.99. The molecule has 0 aliphatic carbocycles. The summed E-state index contributed by atoms with van der Waals surface area (Å²) in [6.45, 7) is 2.47. The lowest BCUT2D eigenvalue weighted by Crippen LogP contribution is -2.22. The number of hydrogen-bond donors (Lipinski definition) is 2. The second kappa shape index (κ2) is 5.19. The summed E-state index contributed by atoms with van der Waals surface area (Å²) in [4.78, 5) is 6.05. The van der Waals surface area contributed by atoms with E-state index in [2.05, 4.69) is 4.98 Å². The molecule has 1 aromatic rings. The molecule has 0 bridgehead atoms. The number of aliphatic hydroxyl groups excluding tert-OH is 1. The highest BCUT2D eigenvalue weighted by Gasteiger charge is 2.06. The van der Waals surface area contributed by atoms with Crippen molar-refractivity contribution in [2.75, 3.05) is 24.2 Å². The Labute approximate surface area is 94.7 Å². The fourth-order valence-corrected chi connectivity index (χ4v) is 1.41. The third-order valence-corrected chi connectivity index (χ3v) is 2.27. The van der Waals surface area contributed by atoms with Crippen molar-refractivity contribution in [3.8, 4) is 0 Å². The topological polar surface area (TPSA) is 62.4 Å². The minimum atomic E-state index is -0.316. The largest absolute Gasteiger partial charge is 0.399 e. The van der Waals surface area contributed by atoms with E-state index in [1.807, 2.05) is 11.9 Å². The predicted octanol–water partition coefficient (Wildman–Crippen LogP) is 1.52. The Hall–Kier alpha value is -1.00. The van der Waals surface area contributed by atoms with Crippen LogP contribution >= 0.6 is 11.6 Å². The van der Waals surface area contributed by atoms with Crippen LogP contribution in [0.15, 0.2) is 12.1 Å². The van der Waals surface area contributed by atoms with Crippen molar-refractivity contribution in [3.05, 3.63) is 17.3 Å². The van der Waals surface area contributed by atoms with E-state index in [-0.39, 0.29) is 6.10 Å². The van der Waals surface area contributed by atoms with Gasteiger partial charge in [0.05, 0.1) is 6.10 Å². The molecular weight excluding hydrogens is 214 g/mol. The molecule has 4 nitrogen and oxygen atoms in total. The van der Waals surface area contributed by atoms with E-state index in [4.69, 9.17) is 22.4 Å². The lowest BCUT2D eigenvalue weighted by Gasteiger charge is -2.19. The quantitative estimate of drug-likeness (QED) is 0.769. The van der Waals surface area contributed by atoms with Crippen molar-refractivity contribution >= 4 is 23.1 Å². The van der Waals surface area contributed by atoms with Crippen LogP contribution in [-0.2, 0) is 0 Å². The van der Waals surface area contributed by atoms with Crippen molar-refractivity contribution in [2.45, 2.75) is 19.4 Å². The Kier molecular flexibility index (Phi) is 4.17. The predicted molar refractivity (Wildman–Crippen MR) is 63.2 cm³/mol. The highest BCUT2D eigenvalue weighted by molar-refractivity contribution is 6.29. The number of nitrogens with zero attached hydrogens (tertiary/aromatic N) is 2. The minimum Gasteiger partial charge on any atom is -0.399 e. The Morgan fingerprint density at radius 2 is 2.27 bits per heavy atom. The summed E-state index contributed by atoms with van der Waals surface area (Å²) in [5, 5.41) is 9.54. The number of halogens is 1. The molecule has 15 heavy (non-hydrogen) atoms. The van der Waals surface area contributed by atoms with E-state index in [0.717, 1.165) is 5.82 Å². The number of aliphatic hydroxyl groups is 1. The van der Waals surface area contributed by atoms with Gasteiger partial charge in [0.2, 0.25) is 0 Å². The molecule has 0 amide bonds. The van der Waals surface area contributed by atoms with E-state index in [0.29, 0.717) is 23.8 Å². The summed E-state index contributed by atoms with van der Waals surface area (Å²) in [7, 11) is 1.89. The van der Waals surface area contributed by atoms with Gasteiger partial charge in [0.25, 0.3) is 0 Å². The van der Waals surface area contributed by atoms with Crippen LogP contribution in [0.25, 0.3) is 0 Å². The zero-order valence-corrected chi connectivity index (χ0v) is 9.70. The van der Waals surface area contributed by atoms with Gasteiger partial charge >= 0.3 is 0 Å². The first kappa shape index (κ1) is 12.1. The summed E-state index contributed by atoms with van der Waals surface area (Å²) in [6, 6.07) is 3.36. The van der Waals surface area contributed by atoms with Crippen LogP contribution in [0.4, 0.5) is 11.5 Å². The lowest BCUT2D eigenvalue weighted by atomic mass is 10.2. The van der Waals surface area contributed by atoms with Crippen LogP contribution in [0.1, 0.15) is 13.3 Å². The average molecular weight is 230 g/mol. The molecule has 1 atom stereocenters. The molecule has 0 aromatic carbocycles. The Morgan fingerprint density at radius 3 is 2.80 bits per heavy atom. The van der Waals surface area contributed by atoms with E-state index in [1.165, 1.54) is 0 Å². The number of hydrogen-bond acceptors (Lipinski definition) is 4. The van der Waals surface area contributed by atoms with Crippen LogP contribution in [0.5, 0.6) is 0 Å². The normalized spacial score (nSPS) is 12.5. The van der Waals surface area contributed by atoms with Gasteiger partial charge in [-0.2, -0.15) is 0 Å². The second-order valence-electron chi connectivity index (χ2n) is 3.64. The van der Waals surface area contributed by atoms with Crippen molar-refractivity contribution in [1.82, 2.24) is 4.98 Å². The number of anilines is 2. The maximum absolute atomic E-state index is 9.16. The molecular formula is C10H16ClN3O. The van der Waals surface area contributed by atoms with Crippen molar-refractivity contribution in [1.29, 1.82) is 0 Å². The summed E-state index contributed by atoms with van der Waals surface area (Å²) in [6.07, 6.45) is 0.369. The molecule has 0 saturated carbocycles. The van der Waals surface area contributed by atoms with Crippen LogP contribution in [0.2, 0.25) is 5.15 Å². The van der Waals surface area contributed by atoms with Crippen molar-refractivity contribution < 1.29 is 5.11 Å². The Bertz CT molecular complexity index is 310. The molecule has 84 valence electrons. The van der Waals surface area contributed by atoms with Gasteiger partial charge in [0, 0.05) is 25.3 Å². The lowest BCUT2D eigenvalue weighted by molar-refractivity contribution is 0.187. The molecule has 0 spiro atoms. The van der Waals surface area contributed by atoms with Gasteiger partial charge in [-0.3, -0.25) is 0 Å². The molecule has 5 heteroatoms. The van der Waals surface area contributed by atoms with E-state index >= 15 is 0 Å². The van der Waals surface area contributed by atoms with Gasteiger partial charge in [-0.15, -0.1) is 0 Å². The number of pyridine rings is 1. The van der Waals surface area contributed by atoms with Crippen LogP contribution in [0.3, 0.4) is 0 Å². The maximum Gasteiger partial charge on any atom is 0.133 e. The zero-order valence-electron chi connectivity index (χ0n) is 8.94. The average Bonchev–Trinajstić information content (AvgIpc) is 2.12. The highest BCUT2D eigenvalue weighted by Crippen LogP contribution is 2.18. The third-order valence-electron chi connectivity index (χ3n) is 2.08. The summed E-state index contributed by atoms with van der Waals surface area (Å²) in [5.41, 5.74) is 6.24. The zero-order chi connectivity index (χ0) is 11.4. The number of aromatic nitrogens is 1. The monoisotopic (exact) mass is 229 g/mol. The smallest absolute Gasteiger partial charge is 0.133 e. The van der Waals surface area contributed by atoms with E-state index < -0.39 is 0 Å². The fraction of sp³-hybridized carbons (Fsp3) is 0.500. The second-order valence-corrected chi connectivity index (χ2v) is 4.03. The van der Waals surface area contributed by atoms with Crippen molar-refractivity contribution in [3.63, 3.8) is 0 Å².